The topological polar surface area (TPSA) is 87.5 Å². The highest BCUT2D eigenvalue weighted by atomic mass is 16.5. The molecule has 0 aliphatic rings. The van der Waals surface area contributed by atoms with E-state index in [0.717, 1.165) is 4.68 Å². The van der Waals surface area contributed by atoms with Crippen molar-refractivity contribution >= 4 is 11.9 Å². The molecule has 7 nitrogen and oxygen atoms in total. The molecule has 0 N–H and O–H groups in total. The molecule has 7 heteroatoms. The molecule has 0 saturated carbocycles. The number of nitrogens with zero attached hydrogens (tertiary/aromatic N) is 2. The largest absolute Gasteiger partial charge is 0.464 e. The Bertz CT molecular complexity index is 1110. The summed E-state index contributed by atoms with van der Waals surface area (Å²) >= 11 is 0. The van der Waals surface area contributed by atoms with Crippen molar-refractivity contribution in [2.75, 3.05) is 13.2 Å². The Kier molecular flexibility index (Phi) is 7.32. The molecule has 2 aromatic carbocycles. The van der Waals surface area contributed by atoms with Crippen LogP contribution in [-0.4, -0.2) is 34.9 Å². The Morgan fingerprint density at radius 2 is 1.52 bits per heavy atom. The van der Waals surface area contributed by atoms with Gasteiger partial charge in [0.1, 0.15) is 12.1 Å². The number of ether oxygens (including phenoxy) is 2. The maximum Gasteiger partial charge on any atom is 0.344 e. The second kappa shape index (κ2) is 10.3. The van der Waals surface area contributed by atoms with Gasteiger partial charge < -0.3 is 9.47 Å². The van der Waals surface area contributed by atoms with E-state index >= 15 is 0 Å². The lowest BCUT2D eigenvalue weighted by Gasteiger charge is -2.16. The zero-order valence-electron chi connectivity index (χ0n) is 17.5. The fourth-order valence-corrected chi connectivity index (χ4v) is 3.14. The molecule has 0 aliphatic carbocycles. The van der Waals surface area contributed by atoms with Gasteiger partial charge in [-0.2, -0.15) is 5.10 Å². The zero-order valence-corrected chi connectivity index (χ0v) is 17.5. The van der Waals surface area contributed by atoms with Crippen LogP contribution in [0.5, 0.6) is 0 Å². The third-order valence-corrected chi connectivity index (χ3v) is 4.49. The van der Waals surface area contributed by atoms with Crippen LogP contribution in [0.3, 0.4) is 0 Å². The fraction of sp³-hybridized carbons (Fsp3) is 0.250. The molecular formula is C24H24N2O5. The quantitative estimate of drug-likeness (QED) is 0.516. The number of benzene rings is 2. The van der Waals surface area contributed by atoms with Gasteiger partial charge in [-0.05, 0) is 18.9 Å². The van der Waals surface area contributed by atoms with Gasteiger partial charge in [-0.15, -0.1) is 0 Å². The molecule has 0 amide bonds. The summed E-state index contributed by atoms with van der Waals surface area (Å²) < 4.78 is 11.3. The highest BCUT2D eigenvalue weighted by molar-refractivity contribution is 6.00. The molecular weight excluding hydrogens is 396 g/mol. The van der Waals surface area contributed by atoms with Gasteiger partial charge in [0.2, 0.25) is 0 Å². The molecule has 0 spiro atoms. The monoisotopic (exact) mass is 420 g/mol. The second-order valence-corrected chi connectivity index (χ2v) is 6.73. The Morgan fingerprint density at radius 1 is 0.903 bits per heavy atom. The van der Waals surface area contributed by atoms with Crippen molar-refractivity contribution < 1.29 is 19.1 Å². The van der Waals surface area contributed by atoms with Gasteiger partial charge in [0.05, 0.1) is 18.9 Å². The van der Waals surface area contributed by atoms with E-state index in [1.807, 2.05) is 55.5 Å². The molecule has 31 heavy (non-hydrogen) atoms. The molecule has 1 heterocycles. The molecule has 0 bridgehead atoms. The van der Waals surface area contributed by atoms with Crippen LogP contribution >= 0.6 is 0 Å². The first-order chi connectivity index (χ1) is 15.1. The van der Waals surface area contributed by atoms with Gasteiger partial charge in [-0.3, -0.25) is 9.59 Å². The highest BCUT2D eigenvalue weighted by Crippen LogP contribution is 2.32. The SMILES string of the molecule is CCCOC(=O)Cn1nc(-c2ccccc2)c(-c2ccccc2)c(C(=O)OCC)c1=O. The van der Waals surface area contributed by atoms with Crippen molar-refractivity contribution in [1.29, 1.82) is 0 Å². The number of aromatic nitrogens is 2. The number of esters is 2. The van der Waals surface area contributed by atoms with Gasteiger partial charge in [0, 0.05) is 11.1 Å². The summed E-state index contributed by atoms with van der Waals surface area (Å²) in [5.41, 5.74) is 1.25. The third-order valence-electron chi connectivity index (χ3n) is 4.49. The van der Waals surface area contributed by atoms with Crippen LogP contribution in [-0.2, 0) is 20.8 Å². The number of carbonyl (C=O) groups is 2. The molecule has 0 atom stereocenters. The zero-order chi connectivity index (χ0) is 22.2. The average molecular weight is 420 g/mol. The molecule has 3 rings (SSSR count). The summed E-state index contributed by atoms with van der Waals surface area (Å²) in [6.45, 7) is 3.49. The fourth-order valence-electron chi connectivity index (χ4n) is 3.14. The van der Waals surface area contributed by atoms with Gasteiger partial charge in [0.25, 0.3) is 5.56 Å². The first-order valence-corrected chi connectivity index (χ1v) is 10.2. The van der Waals surface area contributed by atoms with E-state index < -0.39 is 24.0 Å². The lowest BCUT2D eigenvalue weighted by Crippen LogP contribution is -2.34. The van der Waals surface area contributed by atoms with Crippen LogP contribution in [0, 0.1) is 0 Å². The van der Waals surface area contributed by atoms with Crippen LogP contribution in [0.4, 0.5) is 0 Å². The minimum absolute atomic E-state index is 0.105. The van der Waals surface area contributed by atoms with Gasteiger partial charge in [-0.25, -0.2) is 9.48 Å². The molecule has 0 fully saturated rings. The van der Waals surface area contributed by atoms with E-state index in [4.69, 9.17) is 9.47 Å². The number of hydrogen-bond donors (Lipinski definition) is 0. The lowest BCUT2D eigenvalue weighted by atomic mass is 9.95. The molecule has 0 radical (unpaired) electrons. The second-order valence-electron chi connectivity index (χ2n) is 6.73. The Hall–Kier alpha value is -3.74. The van der Waals surface area contributed by atoms with Crippen molar-refractivity contribution in [2.24, 2.45) is 0 Å². The van der Waals surface area contributed by atoms with E-state index in [2.05, 4.69) is 5.10 Å². The van der Waals surface area contributed by atoms with E-state index in [9.17, 15) is 14.4 Å². The Morgan fingerprint density at radius 3 is 2.10 bits per heavy atom. The summed E-state index contributed by atoms with van der Waals surface area (Å²) in [5.74, 6) is -1.36. The molecule has 1 aromatic heterocycles. The minimum Gasteiger partial charge on any atom is -0.464 e. The van der Waals surface area contributed by atoms with Crippen molar-refractivity contribution in [3.05, 3.63) is 76.6 Å². The van der Waals surface area contributed by atoms with E-state index in [-0.39, 0.29) is 18.8 Å². The maximum absolute atomic E-state index is 13.3. The molecule has 0 saturated heterocycles. The first-order valence-electron chi connectivity index (χ1n) is 10.2. The van der Waals surface area contributed by atoms with Crippen molar-refractivity contribution in [3.63, 3.8) is 0 Å². The first kappa shape index (κ1) is 22.0. The number of carbonyl (C=O) groups excluding carboxylic acids is 2. The van der Waals surface area contributed by atoms with Gasteiger partial charge >= 0.3 is 11.9 Å². The molecule has 0 aliphatic heterocycles. The van der Waals surface area contributed by atoms with Crippen LogP contribution < -0.4 is 5.56 Å². The van der Waals surface area contributed by atoms with Crippen molar-refractivity contribution in [1.82, 2.24) is 9.78 Å². The summed E-state index contributed by atoms with van der Waals surface area (Å²) in [4.78, 5) is 38.3. The summed E-state index contributed by atoms with van der Waals surface area (Å²) in [6, 6.07) is 18.2. The minimum atomic E-state index is -0.762. The van der Waals surface area contributed by atoms with Crippen molar-refractivity contribution in [2.45, 2.75) is 26.8 Å². The van der Waals surface area contributed by atoms with Gasteiger partial charge in [-0.1, -0.05) is 67.6 Å². The highest BCUT2D eigenvalue weighted by Gasteiger charge is 2.26. The summed E-state index contributed by atoms with van der Waals surface area (Å²) in [5, 5.41) is 4.47. The lowest BCUT2D eigenvalue weighted by molar-refractivity contribution is -0.144. The summed E-state index contributed by atoms with van der Waals surface area (Å²) in [6.07, 6.45) is 0.657. The Balaban J connectivity index is 2.29. The number of rotatable bonds is 8. The summed E-state index contributed by atoms with van der Waals surface area (Å²) in [7, 11) is 0. The van der Waals surface area contributed by atoms with Crippen LogP contribution in [0.25, 0.3) is 22.4 Å². The van der Waals surface area contributed by atoms with Crippen LogP contribution in [0.2, 0.25) is 0 Å². The van der Waals surface area contributed by atoms with E-state index in [0.29, 0.717) is 28.8 Å². The Labute approximate surface area is 180 Å². The predicted octanol–water partition coefficient (Wildman–Crippen LogP) is 3.71. The van der Waals surface area contributed by atoms with Crippen molar-refractivity contribution in [3.8, 4) is 22.4 Å². The van der Waals surface area contributed by atoms with Gasteiger partial charge in [0.15, 0.2) is 0 Å². The smallest absolute Gasteiger partial charge is 0.344 e. The molecule has 3 aromatic rings. The van der Waals surface area contributed by atoms with Crippen LogP contribution in [0.15, 0.2) is 65.5 Å². The molecule has 0 unspecified atom stereocenters. The standard InChI is InChI=1S/C24H24N2O5/c1-3-15-31-19(27)16-26-23(28)21(24(29)30-4-2)20(17-11-7-5-8-12-17)22(25-26)18-13-9-6-10-14-18/h5-14H,3-4,15-16H2,1-2H3. The number of hydrogen-bond acceptors (Lipinski definition) is 6. The van der Waals surface area contributed by atoms with E-state index in [1.165, 1.54) is 0 Å². The maximum atomic E-state index is 13.3. The third kappa shape index (κ3) is 5.06. The average Bonchev–Trinajstić information content (AvgIpc) is 2.80. The van der Waals surface area contributed by atoms with Crippen LogP contribution in [0.1, 0.15) is 30.6 Å². The normalized spacial score (nSPS) is 10.5. The predicted molar refractivity (Wildman–Crippen MR) is 117 cm³/mol. The van der Waals surface area contributed by atoms with E-state index in [1.54, 1.807) is 19.1 Å². The molecule has 160 valence electrons.